The topological polar surface area (TPSA) is 67.4 Å². The number of amides is 3. The van der Waals surface area contributed by atoms with Crippen LogP contribution in [0.5, 0.6) is 5.75 Å². The van der Waals surface area contributed by atoms with Crippen molar-refractivity contribution in [3.05, 3.63) is 58.6 Å². The van der Waals surface area contributed by atoms with Gasteiger partial charge in [-0.25, -0.2) is 4.79 Å². The summed E-state index contributed by atoms with van der Waals surface area (Å²) in [4.78, 5) is 23.5. The lowest BCUT2D eigenvalue weighted by molar-refractivity contribution is -0.121. The van der Waals surface area contributed by atoms with Crippen LogP contribution in [0.3, 0.4) is 0 Å². The van der Waals surface area contributed by atoms with E-state index in [9.17, 15) is 9.59 Å². The first kappa shape index (κ1) is 16.8. The molecule has 0 atom stereocenters. The molecule has 0 heterocycles. The van der Waals surface area contributed by atoms with Crippen molar-refractivity contribution < 1.29 is 14.3 Å². The minimum absolute atomic E-state index is 0.302. The lowest BCUT2D eigenvalue weighted by Gasteiger charge is -2.10. The molecule has 120 valence electrons. The number of ether oxygens (including phenoxy) is 1. The van der Waals surface area contributed by atoms with Crippen molar-refractivity contribution in [2.45, 2.75) is 13.8 Å². The molecule has 3 amide bonds. The monoisotopic (exact) mass is 332 g/mol. The van der Waals surface area contributed by atoms with E-state index < -0.39 is 11.9 Å². The van der Waals surface area contributed by atoms with Gasteiger partial charge in [-0.15, -0.1) is 0 Å². The zero-order valence-electron chi connectivity index (χ0n) is 12.9. The summed E-state index contributed by atoms with van der Waals surface area (Å²) >= 11 is 5.91. The summed E-state index contributed by atoms with van der Waals surface area (Å²) in [5, 5.41) is 5.23. The number of hydrogen-bond donors (Lipinski definition) is 2. The summed E-state index contributed by atoms with van der Waals surface area (Å²) in [6.07, 6.45) is 0. The number of para-hydroxylation sites is 1. The molecule has 2 aromatic carbocycles. The Kier molecular flexibility index (Phi) is 5.60. The Morgan fingerprint density at radius 3 is 2.57 bits per heavy atom. The first-order chi connectivity index (χ1) is 11.0. The molecule has 0 saturated heterocycles. The van der Waals surface area contributed by atoms with Crippen molar-refractivity contribution in [2.24, 2.45) is 0 Å². The van der Waals surface area contributed by atoms with Crippen LogP contribution in [0.2, 0.25) is 5.02 Å². The van der Waals surface area contributed by atoms with Gasteiger partial charge in [-0.1, -0.05) is 41.4 Å². The lowest BCUT2D eigenvalue weighted by atomic mass is 10.1. The third-order valence-electron chi connectivity index (χ3n) is 3.08. The smallest absolute Gasteiger partial charge is 0.325 e. The van der Waals surface area contributed by atoms with Crippen LogP contribution in [0.1, 0.15) is 11.1 Å². The average molecular weight is 333 g/mol. The summed E-state index contributed by atoms with van der Waals surface area (Å²) in [5.41, 5.74) is 2.66. The zero-order chi connectivity index (χ0) is 16.8. The van der Waals surface area contributed by atoms with Gasteiger partial charge in [0.1, 0.15) is 5.75 Å². The largest absolute Gasteiger partial charge is 0.482 e. The van der Waals surface area contributed by atoms with E-state index in [1.807, 2.05) is 26.0 Å². The van der Waals surface area contributed by atoms with Gasteiger partial charge in [-0.3, -0.25) is 10.1 Å². The van der Waals surface area contributed by atoms with E-state index in [1.54, 1.807) is 30.3 Å². The molecule has 0 unspecified atom stereocenters. The molecule has 5 nitrogen and oxygen atoms in total. The summed E-state index contributed by atoms with van der Waals surface area (Å²) < 4.78 is 5.27. The third-order valence-corrected chi connectivity index (χ3v) is 3.39. The molecular formula is C17H17ClN2O3. The Balaban J connectivity index is 1.85. The minimum Gasteiger partial charge on any atom is -0.482 e. The molecule has 2 aromatic rings. The number of hydrogen-bond acceptors (Lipinski definition) is 3. The van der Waals surface area contributed by atoms with Crippen LogP contribution in [0.4, 0.5) is 10.5 Å². The fourth-order valence-electron chi connectivity index (χ4n) is 1.98. The molecule has 2 rings (SSSR count). The highest BCUT2D eigenvalue weighted by Gasteiger charge is 2.10. The number of anilines is 1. The highest BCUT2D eigenvalue weighted by molar-refractivity contribution is 6.32. The predicted octanol–water partition coefficient (Wildman–Crippen LogP) is 3.68. The molecule has 0 fully saturated rings. The fourth-order valence-corrected chi connectivity index (χ4v) is 2.17. The number of benzene rings is 2. The van der Waals surface area contributed by atoms with Gasteiger partial charge in [0.2, 0.25) is 0 Å². The maximum absolute atomic E-state index is 11.8. The highest BCUT2D eigenvalue weighted by Crippen LogP contribution is 2.22. The molecule has 6 heteroatoms. The van der Waals surface area contributed by atoms with Crippen molar-refractivity contribution in [2.75, 3.05) is 11.9 Å². The molecule has 0 aromatic heterocycles. The number of urea groups is 1. The lowest BCUT2D eigenvalue weighted by Crippen LogP contribution is -2.37. The standard InChI is InChI=1S/C17H17ClN2O3/c1-11-7-8-14(12(2)9-11)19-17(22)20-16(21)10-23-15-6-4-3-5-13(15)18/h3-9H,10H2,1-2H3,(H2,19,20,21,22). The summed E-state index contributed by atoms with van der Waals surface area (Å²) in [7, 11) is 0. The van der Waals surface area contributed by atoms with Crippen LogP contribution < -0.4 is 15.4 Å². The maximum atomic E-state index is 11.8. The molecule has 2 N–H and O–H groups in total. The van der Waals surface area contributed by atoms with E-state index >= 15 is 0 Å². The number of halogens is 1. The van der Waals surface area contributed by atoms with Crippen LogP contribution in [0, 0.1) is 13.8 Å². The molecule has 0 aliphatic rings. The number of nitrogens with one attached hydrogen (secondary N) is 2. The van der Waals surface area contributed by atoms with Gasteiger partial charge in [0.05, 0.1) is 5.02 Å². The van der Waals surface area contributed by atoms with Gasteiger partial charge < -0.3 is 10.1 Å². The summed E-state index contributed by atoms with van der Waals surface area (Å²) in [6, 6.07) is 11.8. The van der Waals surface area contributed by atoms with E-state index in [1.165, 1.54) is 0 Å². The molecule has 0 aliphatic carbocycles. The van der Waals surface area contributed by atoms with Crippen LogP contribution in [0.15, 0.2) is 42.5 Å². The molecule has 0 radical (unpaired) electrons. The second kappa shape index (κ2) is 7.65. The zero-order valence-corrected chi connectivity index (χ0v) is 13.6. The Bertz CT molecular complexity index is 732. The molecule has 23 heavy (non-hydrogen) atoms. The van der Waals surface area contributed by atoms with Crippen molar-refractivity contribution in [1.29, 1.82) is 0 Å². The number of rotatable bonds is 4. The first-order valence-electron chi connectivity index (χ1n) is 7.01. The van der Waals surface area contributed by atoms with Gasteiger partial charge in [0.25, 0.3) is 5.91 Å². The Hall–Kier alpha value is -2.53. The molecule has 0 bridgehead atoms. The van der Waals surface area contributed by atoms with E-state index in [4.69, 9.17) is 16.3 Å². The van der Waals surface area contributed by atoms with Crippen LogP contribution in [-0.2, 0) is 4.79 Å². The van der Waals surface area contributed by atoms with Crippen LogP contribution >= 0.6 is 11.6 Å². The first-order valence-corrected chi connectivity index (χ1v) is 7.39. The van der Waals surface area contributed by atoms with Crippen molar-refractivity contribution >= 4 is 29.2 Å². The quantitative estimate of drug-likeness (QED) is 0.897. The minimum atomic E-state index is -0.607. The second-order valence-corrected chi connectivity index (χ2v) is 5.45. The summed E-state index contributed by atoms with van der Waals surface area (Å²) in [6.45, 7) is 3.54. The van der Waals surface area contributed by atoms with E-state index in [0.717, 1.165) is 11.1 Å². The van der Waals surface area contributed by atoms with E-state index in [-0.39, 0.29) is 6.61 Å². The van der Waals surface area contributed by atoms with Gasteiger partial charge in [0, 0.05) is 5.69 Å². The normalized spacial score (nSPS) is 10.0. The molecular weight excluding hydrogens is 316 g/mol. The number of imide groups is 1. The molecule has 0 saturated carbocycles. The average Bonchev–Trinajstić information content (AvgIpc) is 2.49. The molecule has 0 spiro atoms. The Labute approximate surface area is 139 Å². The SMILES string of the molecule is Cc1ccc(NC(=O)NC(=O)COc2ccccc2Cl)c(C)c1. The van der Waals surface area contributed by atoms with Crippen molar-refractivity contribution in [3.8, 4) is 5.75 Å². The van der Waals surface area contributed by atoms with Crippen molar-refractivity contribution in [3.63, 3.8) is 0 Å². The van der Waals surface area contributed by atoms with Crippen LogP contribution in [-0.4, -0.2) is 18.5 Å². The Morgan fingerprint density at radius 2 is 1.87 bits per heavy atom. The number of aryl methyl sites for hydroxylation is 2. The third kappa shape index (κ3) is 5.00. The van der Waals surface area contributed by atoms with E-state index in [0.29, 0.717) is 16.5 Å². The van der Waals surface area contributed by atoms with Crippen molar-refractivity contribution in [1.82, 2.24) is 5.32 Å². The number of carbonyl (C=O) groups is 2. The highest BCUT2D eigenvalue weighted by atomic mass is 35.5. The van der Waals surface area contributed by atoms with Crippen LogP contribution in [0.25, 0.3) is 0 Å². The van der Waals surface area contributed by atoms with Gasteiger partial charge >= 0.3 is 6.03 Å². The second-order valence-electron chi connectivity index (χ2n) is 5.04. The van der Waals surface area contributed by atoms with Gasteiger partial charge in [-0.2, -0.15) is 0 Å². The van der Waals surface area contributed by atoms with Gasteiger partial charge in [-0.05, 0) is 37.6 Å². The maximum Gasteiger partial charge on any atom is 0.325 e. The molecule has 0 aliphatic heterocycles. The number of carbonyl (C=O) groups excluding carboxylic acids is 2. The summed E-state index contributed by atoms with van der Waals surface area (Å²) in [5.74, 6) is -0.175. The van der Waals surface area contributed by atoms with Gasteiger partial charge in [0.15, 0.2) is 6.61 Å². The predicted molar refractivity (Wildman–Crippen MR) is 90.0 cm³/mol. The van der Waals surface area contributed by atoms with E-state index in [2.05, 4.69) is 10.6 Å². The fraction of sp³-hybridized carbons (Fsp3) is 0.176. The Morgan fingerprint density at radius 1 is 1.13 bits per heavy atom.